The summed E-state index contributed by atoms with van der Waals surface area (Å²) >= 11 is 0. The second kappa shape index (κ2) is 5.38. The third-order valence-electron chi connectivity index (χ3n) is 3.88. The zero-order chi connectivity index (χ0) is 13.1. The van der Waals surface area contributed by atoms with Crippen LogP contribution in [0.1, 0.15) is 40.0 Å². The third-order valence-corrected chi connectivity index (χ3v) is 3.88. The molecule has 5 heteroatoms. The van der Waals surface area contributed by atoms with Crippen LogP contribution in [0.4, 0.5) is 0 Å². The van der Waals surface area contributed by atoms with Gasteiger partial charge in [0.05, 0.1) is 0 Å². The van der Waals surface area contributed by atoms with Crippen LogP contribution in [0.2, 0.25) is 0 Å². The van der Waals surface area contributed by atoms with E-state index in [1.54, 1.807) is 13.8 Å². The van der Waals surface area contributed by atoms with E-state index < -0.39 is 5.41 Å². The first-order valence-corrected chi connectivity index (χ1v) is 6.16. The topological polar surface area (TPSA) is 87.7 Å². The lowest BCUT2D eigenvalue weighted by atomic mass is 9.90. The smallest absolute Gasteiger partial charge is 0.233 e. The summed E-state index contributed by atoms with van der Waals surface area (Å²) < 4.78 is 0. The Morgan fingerprint density at radius 3 is 2.65 bits per heavy atom. The number of carbonyl (C=O) groups excluding carboxylic acids is 1. The predicted molar refractivity (Wildman–Crippen MR) is 66.7 cm³/mol. The molecule has 1 rings (SSSR count). The Balaban J connectivity index is 2.49. The van der Waals surface area contributed by atoms with E-state index in [2.05, 4.69) is 17.4 Å². The maximum Gasteiger partial charge on any atom is 0.233 e. The lowest BCUT2D eigenvalue weighted by Gasteiger charge is -2.24. The van der Waals surface area contributed by atoms with Gasteiger partial charge >= 0.3 is 0 Å². The fourth-order valence-electron chi connectivity index (χ4n) is 2.21. The van der Waals surface area contributed by atoms with Crippen molar-refractivity contribution in [2.24, 2.45) is 28.1 Å². The second-order valence-corrected chi connectivity index (χ2v) is 5.49. The maximum absolute atomic E-state index is 11.9. The van der Waals surface area contributed by atoms with Crippen LogP contribution >= 0.6 is 0 Å². The summed E-state index contributed by atoms with van der Waals surface area (Å²) in [5.41, 5.74) is 4.54. The molecule has 1 fully saturated rings. The summed E-state index contributed by atoms with van der Waals surface area (Å²) in [7, 11) is 0. The molecule has 5 nitrogen and oxygen atoms in total. The van der Waals surface area contributed by atoms with Crippen LogP contribution in [-0.4, -0.2) is 23.5 Å². The molecular formula is C12H23N3O2. The van der Waals surface area contributed by atoms with Crippen LogP contribution in [0.5, 0.6) is 0 Å². The van der Waals surface area contributed by atoms with Crippen molar-refractivity contribution in [2.45, 2.75) is 40.0 Å². The fraction of sp³-hybridized carbons (Fsp3) is 0.833. The van der Waals surface area contributed by atoms with Crippen LogP contribution in [0.3, 0.4) is 0 Å². The quantitative estimate of drug-likeness (QED) is 0.300. The third kappa shape index (κ3) is 3.11. The molecule has 0 aromatic carbocycles. The molecule has 1 aliphatic carbocycles. The Hall–Kier alpha value is -1.26. The van der Waals surface area contributed by atoms with E-state index in [1.807, 2.05) is 0 Å². The van der Waals surface area contributed by atoms with Gasteiger partial charge in [0.2, 0.25) is 5.91 Å². The van der Waals surface area contributed by atoms with Crippen molar-refractivity contribution in [3.63, 3.8) is 0 Å². The van der Waals surface area contributed by atoms with Gasteiger partial charge in [-0.3, -0.25) is 4.79 Å². The molecule has 0 heterocycles. The first-order chi connectivity index (χ1) is 7.89. The first kappa shape index (κ1) is 13.8. The van der Waals surface area contributed by atoms with Gasteiger partial charge in [-0.15, -0.1) is 0 Å². The number of rotatable bonds is 4. The van der Waals surface area contributed by atoms with Crippen molar-refractivity contribution >= 4 is 11.7 Å². The Labute approximate surface area is 102 Å². The minimum atomic E-state index is -0.962. The first-order valence-electron chi connectivity index (χ1n) is 6.16. The Kier molecular flexibility index (Phi) is 4.37. The van der Waals surface area contributed by atoms with Crippen molar-refractivity contribution in [2.75, 3.05) is 6.54 Å². The van der Waals surface area contributed by atoms with Crippen molar-refractivity contribution < 1.29 is 10.0 Å². The summed E-state index contributed by atoms with van der Waals surface area (Å²) in [5, 5.41) is 14.4. The van der Waals surface area contributed by atoms with E-state index in [0.717, 1.165) is 0 Å². The van der Waals surface area contributed by atoms with Crippen molar-refractivity contribution in [1.29, 1.82) is 0 Å². The molecule has 0 spiro atoms. The van der Waals surface area contributed by atoms with Crippen molar-refractivity contribution in [3.05, 3.63) is 0 Å². The number of amides is 1. The fourth-order valence-corrected chi connectivity index (χ4v) is 2.21. The molecule has 0 saturated heterocycles. The van der Waals surface area contributed by atoms with Crippen LogP contribution < -0.4 is 11.1 Å². The highest BCUT2D eigenvalue weighted by atomic mass is 16.4. The molecule has 0 aromatic rings. The monoisotopic (exact) mass is 241 g/mol. The SMILES string of the molecule is CC1CCCC1CNC(=O)C(C)(C)C(N)=NO. The van der Waals surface area contributed by atoms with Gasteiger partial charge in [0.1, 0.15) is 5.41 Å². The van der Waals surface area contributed by atoms with E-state index in [-0.39, 0.29) is 11.7 Å². The summed E-state index contributed by atoms with van der Waals surface area (Å²) in [5.74, 6) is 0.977. The van der Waals surface area contributed by atoms with Gasteiger partial charge in [-0.05, 0) is 32.1 Å². The highest BCUT2D eigenvalue weighted by Gasteiger charge is 2.33. The second-order valence-electron chi connectivity index (χ2n) is 5.49. The molecule has 1 amide bonds. The standard InChI is InChI=1S/C12H23N3O2/c1-8-5-4-6-9(8)7-14-11(16)12(2,3)10(13)15-17/h8-9,17H,4-7H2,1-3H3,(H2,13,15)(H,14,16). The number of hydrogen-bond donors (Lipinski definition) is 3. The van der Waals surface area contributed by atoms with Crippen LogP contribution in [0, 0.1) is 17.3 Å². The zero-order valence-electron chi connectivity index (χ0n) is 10.9. The van der Waals surface area contributed by atoms with Gasteiger partial charge in [0, 0.05) is 6.54 Å². The molecule has 0 aliphatic heterocycles. The number of oxime groups is 1. The number of nitrogens with zero attached hydrogens (tertiary/aromatic N) is 1. The van der Waals surface area contributed by atoms with Crippen molar-refractivity contribution in [3.8, 4) is 0 Å². The average Bonchev–Trinajstić information content (AvgIpc) is 2.70. The van der Waals surface area contributed by atoms with E-state index in [9.17, 15) is 4.79 Å². The lowest BCUT2D eigenvalue weighted by molar-refractivity contribution is -0.126. The molecule has 1 saturated carbocycles. The van der Waals surface area contributed by atoms with Crippen LogP contribution in [0.25, 0.3) is 0 Å². The predicted octanol–water partition coefficient (Wildman–Crippen LogP) is 1.31. The molecule has 1 aliphatic rings. The normalized spacial score (nSPS) is 25.9. The van der Waals surface area contributed by atoms with E-state index >= 15 is 0 Å². The minimum absolute atomic E-state index is 0.0607. The molecule has 0 bridgehead atoms. The summed E-state index contributed by atoms with van der Waals surface area (Å²) in [4.78, 5) is 11.9. The molecule has 2 atom stereocenters. The summed E-state index contributed by atoms with van der Waals surface area (Å²) in [6.45, 7) is 6.20. The number of hydrogen-bond acceptors (Lipinski definition) is 3. The highest BCUT2D eigenvalue weighted by molar-refractivity contribution is 6.05. The minimum Gasteiger partial charge on any atom is -0.409 e. The number of nitrogens with one attached hydrogen (secondary N) is 1. The molecule has 4 N–H and O–H groups in total. The number of nitrogens with two attached hydrogens (primary N) is 1. The van der Waals surface area contributed by atoms with E-state index in [4.69, 9.17) is 10.9 Å². The Bertz CT molecular complexity index is 313. The van der Waals surface area contributed by atoms with Crippen LogP contribution in [0.15, 0.2) is 5.16 Å². The summed E-state index contributed by atoms with van der Waals surface area (Å²) in [6.07, 6.45) is 3.65. The maximum atomic E-state index is 11.9. The molecule has 17 heavy (non-hydrogen) atoms. The highest BCUT2D eigenvalue weighted by Crippen LogP contribution is 2.30. The summed E-state index contributed by atoms with van der Waals surface area (Å²) in [6, 6.07) is 0. The number of carbonyl (C=O) groups is 1. The molecular weight excluding hydrogens is 218 g/mol. The zero-order valence-corrected chi connectivity index (χ0v) is 10.9. The molecule has 2 unspecified atom stereocenters. The van der Waals surface area contributed by atoms with E-state index in [1.165, 1.54) is 19.3 Å². The van der Waals surface area contributed by atoms with Gasteiger partial charge in [0.25, 0.3) is 0 Å². The molecule has 0 aromatic heterocycles. The Morgan fingerprint density at radius 1 is 1.53 bits per heavy atom. The molecule has 0 radical (unpaired) electrons. The average molecular weight is 241 g/mol. The van der Waals surface area contributed by atoms with Gasteiger partial charge in [-0.25, -0.2) is 0 Å². The van der Waals surface area contributed by atoms with Gasteiger partial charge in [0.15, 0.2) is 5.84 Å². The largest absolute Gasteiger partial charge is 0.409 e. The van der Waals surface area contributed by atoms with Crippen LogP contribution in [-0.2, 0) is 4.79 Å². The van der Waals surface area contributed by atoms with Gasteiger partial charge < -0.3 is 16.3 Å². The van der Waals surface area contributed by atoms with Gasteiger partial charge in [-0.2, -0.15) is 0 Å². The Morgan fingerprint density at radius 2 is 2.18 bits per heavy atom. The molecule has 98 valence electrons. The van der Waals surface area contributed by atoms with E-state index in [0.29, 0.717) is 18.4 Å². The van der Waals surface area contributed by atoms with Gasteiger partial charge in [-0.1, -0.05) is 24.9 Å². The lowest BCUT2D eigenvalue weighted by Crippen LogP contribution is -2.47. The van der Waals surface area contributed by atoms with Crippen molar-refractivity contribution in [1.82, 2.24) is 5.32 Å². The number of amidine groups is 1.